The average Bonchev–Trinajstić information content (AvgIpc) is 3.01. The molecule has 1 aliphatic rings. The number of hydrogen-bond acceptors (Lipinski definition) is 2. The Morgan fingerprint density at radius 1 is 1.21 bits per heavy atom. The minimum atomic E-state index is -0.133. The third-order valence-electron chi connectivity index (χ3n) is 4.76. The normalized spacial score (nSPS) is 14.9. The van der Waals surface area contributed by atoms with E-state index >= 15 is 0 Å². The Kier molecular flexibility index (Phi) is 4.88. The van der Waals surface area contributed by atoms with Crippen LogP contribution in [0.3, 0.4) is 0 Å². The molecule has 1 heterocycles. The lowest BCUT2D eigenvalue weighted by Crippen LogP contribution is -2.41. The number of carbonyl (C=O) groups excluding carboxylic acids is 1. The van der Waals surface area contributed by atoms with Crippen molar-refractivity contribution < 1.29 is 4.79 Å². The van der Waals surface area contributed by atoms with E-state index in [0.717, 1.165) is 34.9 Å². The number of hydrogen-bond donors (Lipinski definition) is 3. The maximum atomic E-state index is 12.2. The van der Waals surface area contributed by atoms with Gasteiger partial charge in [0.1, 0.15) is 0 Å². The van der Waals surface area contributed by atoms with E-state index in [1.807, 2.05) is 26.0 Å². The van der Waals surface area contributed by atoms with Crippen LogP contribution in [0.15, 0.2) is 23.0 Å². The van der Waals surface area contributed by atoms with Crippen LogP contribution >= 0.6 is 0 Å². The molecule has 1 aliphatic carbocycles. The van der Waals surface area contributed by atoms with Gasteiger partial charge in [0.15, 0.2) is 0 Å². The molecule has 24 heavy (non-hydrogen) atoms. The minimum absolute atomic E-state index is 0.0782. The first kappa shape index (κ1) is 16.6. The number of urea groups is 1. The monoisotopic (exact) mass is 327 g/mol. The van der Waals surface area contributed by atoms with E-state index in [1.54, 1.807) is 0 Å². The van der Waals surface area contributed by atoms with Crippen molar-refractivity contribution in [2.24, 2.45) is 0 Å². The third-order valence-corrected chi connectivity index (χ3v) is 4.76. The molecule has 1 fully saturated rings. The Morgan fingerprint density at radius 3 is 2.71 bits per heavy atom. The van der Waals surface area contributed by atoms with Gasteiger partial charge in [-0.3, -0.25) is 4.79 Å². The van der Waals surface area contributed by atoms with E-state index in [-0.39, 0.29) is 11.6 Å². The summed E-state index contributed by atoms with van der Waals surface area (Å²) in [5.74, 6) is 0. The fourth-order valence-corrected chi connectivity index (χ4v) is 3.52. The maximum Gasteiger partial charge on any atom is 0.315 e. The quantitative estimate of drug-likeness (QED) is 0.808. The largest absolute Gasteiger partial charge is 0.338 e. The molecule has 0 spiro atoms. The van der Waals surface area contributed by atoms with Crippen LogP contribution in [0.4, 0.5) is 4.79 Å². The lowest BCUT2D eigenvalue weighted by Gasteiger charge is -2.13. The van der Waals surface area contributed by atoms with Crippen LogP contribution < -0.4 is 16.2 Å². The van der Waals surface area contributed by atoms with Crippen LogP contribution in [-0.2, 0) is 6.42 Å². The summed E-state index contributed by atoms with van der Waals surface area (Å²) in [6.07, 6.45) is 5.04. The average molecular weight is 327 g/mol. The van der Waals surface area contributed by atoms with Gasteiger partial charge >= 0.3 is 6.03 Å². The van der Waals surface area contributed by atoms with Crippen LogP contribution in [0.2, 0.25) is 0 Å². The number of rotatable bonds is 4. The van der Waals surface area contributed by atoms with Gasteiger partial charge in [0.2, 0.25) is 0 Å². The second kappa shape index (κ2) is 7.07. The number of benzene rings is 1. The predicted molar refractivity (Wildman–Crippen MR) is 96.5 cm³/mol. The summed E-state index contributed by atoms with van der Waals surface area (Å²) in [6.45, 7) is 4.52. The van der Waals surface area contributed by atoms with Crippen molar-refractivity contribution >= 4 is 16.9 Å². The maximum absolute atomic E-state index is 12.2. The lowest BCUT2D eigenvalue weighted by atomic mass is 10.0. The molecule has 128 valence electrons. The molecule has 5 nitrogen and oxygen atoms in total. The fourth-order valence-electron chi connectivity index (χ4n) is 3.52. The molecule has 0 atom stereocenters. The smallest absolute Gasteiger partial charge is 0.315 e. The van der Waals surface area contributed by atoms with Gasteiger partial charge in [-0.1, -0.05) is 18.9 Å². The molecule has 1 saturated carbocycles. The number of aromatic amines is 1. The lowest BCUT2D eigenvalue weighted by molar-refractivity contribution is 0.237. The van der Waals surface area contributed by atoms with E-state index in [4.69, 9.17) is 0 Å². The molecule has 1 aromatic carbocycles. The van der Waals surface area contributed by atoms with Crippen molar-refractivity contribution in [1.29, 1.82) is 0 Å². The standard InChI is InChI=1S/C19H25N3O2/c1-12-9-13(2)16-11-14(18(23)22-17(16)10-12)7-8-20-19(24)21-15-5-3-4-6-15/h9-11,15H,3-8H2,1-2H3,(H,22,23)(H2,20,21,24). The second-order valence-electron chi connectivity index (χ2n) is 6.80. The zero-order valence-corrected chi connectivity index (χ0v) is 14.4. The molecule has 3 rings (SSSR count). The Hall–Kier alpha value is -2.30. The number of H-pyrrole nitrogens is 1. The van der Waals surface area contributed by atoms with E-state index < -0.39 is 0 Å². The molecule has 0 aliphatic heterocycles. The van der Waals surface area contributed by atoms with Crippen LogP contribution in [0.25, 0.3) is 10.9 Å². The van der Waals surface area contributed by atoms with Gasteiger partial charge in [-0.2, -0.15) is 0 Å². The molecule has 0 bridgehead atoms. The molecular formula is C19H25N3O2. The fraction of sp³-hybridized carbons (Fsp3) is 0.474. The second-order valence-corrected chi connectivity index (χ2v) is 6.80. The molecule has 2 amide bonds. The molecule has 0 unspecified atom stereocenters. The summed E-state index contributed by atoms with van der Waals surface area (Å²) in [5.41, 5.74) is 3.78. The van der Waals surface area contributed by atoms with Crippen LogP contribution in [0.1, 0.15) is 42.4 Å². The Labute approximate surface area is 141 Å². The van der Waals surface area contributed by atoms with Crippen molar-refractivity contribution in [2.45, 2.75) is 52.0 Å². The van der Waals surface area contributed by atoms with Gasteiger partial charge in [0, 0.05) is 29.1 Å². The van der Waals surface area contributed by atoms with Gasteiger partial charge in [-0.05, 0) is 56.4 Å². The minimum Gasteiger partial charge on any atom is -0.338 e. The summed E-state index contributed by atoms with van der Waals surface area (Å²) in [4.78, 5) is 27.0. The van der Waals surface area contributed by atoms with Crippen LogP contribution in [0, 0.1) is 13.8 Å². The predicted octanol–water partition coefficient (Wildman–Crippen LogP) is 2.93. The molecule has 0 radical (unpaired) electrons. The van der Waals surface area contributed by atoms with Gasteiger partial charge in [0.25, 0.3) is 5.56 Å². The number of nitrogens with one attached hydrogen (secondary N) is 3. The first-order valence-electron chi connectivity index (χ1n) is 8.70. The highest BCUT2D eigenvalue weighted by molar-refractivity contribution is 5.83. The Balaban J connectivity index is 1.63. The molecular weight excluding hydrogens is 302 g/mol. The molecule has 0 saturated heterocycles. The number of aromatic nitrogens is 1. The van der Waals surface area contributed by atoms with Crippen LogP contribution in [0.5, 0.6) is 0 Å². The van der Waals surface area contributed by atoms with Gasteiger partial charge in [0.05, 0.1) is 0 Å². The van der Waals surface area contributed by atoms with Crippen molar-refractivity contribution in [1.82, 2.24) is 15.6 Å². The van der Waals surface area contributed by atoms with Crippen LogP contribution in [-0.4, -0.2) is 23.6 Å². The molecule has 5 heteroatoms. The number of amides is 2. The summed E-state index contributed by atoms with van der Waals surface area (Å²) < 4.78 is 0. The molecule has 1 aromatic heterocycles. The molecule has 2 aromatic rings. The van der Waals surface area contributed by atoms with E-state index in [2.05, 4.69) is 21.7 Å². The van der Waals surface area contributed by atoms with Crippen molar-refractivity contribution in [3.05, 3.63) is 45.2 Å². The van der Waals surface area contributed by atoms with Crippen molar-refractivity contribution in [3.8, 4) is 0 Å². The SMILES string of the molecule is Cc1cc(C)c2cc(CCNC(=O)NC3CCCC3)c(=O)[nH]c2c1. The van der Waals surface area contributed by atoms with Crippen molar-refractivity contribution in [3.63, 3.8) is 0 Å². The number of aryl methyl sites for hydroxylation is 2. The van der Waals surface area contributed by atoms with Gasteiger partial charge < -0.3 is 15.6 Å². The summed E-state index contributed by atoms with van der Waals surface area (Å²) in [7, 11) is 0. The first-order valence-corrected chi connectivity index (χ1v) is 8.70. The number of pyridine rings is 1. The first-order chi connectivity index (χ1) is 11.5. The number of carbonyl (C=O) groups is 1. The van der Waals surface area contributed by atoms with E-state index in [9.17, 15) is 9.59 Å². The topological polar surface area (TPSA) is 74.0 Å². The number of fused-ring (bicyclic) bond motifs is 1. The van der Waals surface area contributed by atoms with E-state index in [1.165, 1.54) is 12.8 Å². The summed E-state index contributed by atoms with van der Waals surface area (Å²) in [5, 5.41) is 6.90. The third kappa shape index (κ3) is 3.78. The zero-order chi connectivity index (χ0) is 17.1. The zero-order valence-electron chi connectivity index (χ0n) is 14.4. The van der Waals surface area contributed by atoms with Crippen molar-refractivity contribution in [2.75, 3.05) is 6.54 Å². The summed E-state index contributed by atoms with van der Waals surface area (Å²) >= 11 is 0. The highest BCUT2D eigenvalue weighted by Crippen LogP contribution is 2.19. The Morgan fingerprint density at radius 2 is 1.96 bits per heavy atom. The van der Waals surface area contributed by atoms with Gasteiger partial charge in [-0.15, -0.1) is 0 Å². The highest BCUT2D eigenvalue weighted by Gasteiger charge is 2.16. The van der Waals surface area contributed by atoms with E-state index in [0.29, 0.717) is 24.6 Å². The highest BCUT2D eigenvalue weighted by atomic mass is 16.2. The summed E-state index contributed by atoms with van der Waals surface area (Å²) in [6, 6.07) is 6.21. The molecule has 3 N–H and O–H groups in total. The van der Waals surface area contributed by atoms with Gasteiger partial charge in [-0.25, -0.2) is 4.79 Å². The Bertz CT molecular complexity index is 804.